The van der Waals surface area contributed by atoms with Crippen molar-refractivity contribution < 1.29 is 4.92 Å². The van der Waals surface area contributed by atoms with Gasteiger partial charge >= 0.3 is 0 Å². The number of nitro groups is 1. The molecule has 1 fully saturated rings. The van der Waals surface area contributed by atoms with E-state index in [0.29, 0.717) is 10.7 Å². The van der Waals surface area contributed by atoms with Crippen molar-refractivity contribution in [1.82, 2.24) is 0 Å². The molecule has 1 saturated carbocycles. The summed E-state index contributed by atoms with van der Waals surface area (Å²) in [6.07, 6.45) is 7.67. The Labute approximate surface area is 118 Å². The molecule has 5 heteroatoms. The van der Waals surface area contributed by atoms with Gasteiger partial charge in [0.2, 0.25) is 0 Å². The van der Waals surface area contributed by atoms with E-state index >= 15 is 0 Å². The number of hydrogen-bond donors (Lipinski definition) is 1. The van der Waals surface area contributed by atoms with Crippen LogP contribution in [0, 0.1) is 16.0 Å². The van der Waals surface area contributed by atoms with E-state index in [4.69, 9.17) is 11.6 Å². The molecule has 2 rings (SSSR count). The molecule has 0 spiro atoms. The lowest BCUT2D eigenvalue weighted by molar-refractivity contribution is -0.384. The van der Waals surface area contributed by atoms with Crippen LogP contribution in [-0.4, -0.2) is 11.5 Å². The molecule has 104 valence electrons. The molecule has 1 aromatic carbocycles. The number of nitro benzene ring substituents is 1. The second kappa shape index (κ2) is 6.75. The molecule has 0 aliphatic heterocycles. The van der Waals surface area contributed by atoms with Gasteiger partial charge in [-0.1, -0.05) is 37.3 Å². The number of benzene rings is 1. The summed E-state index contributed by atoms with van der Waals surface area (Å²) in [6.45, 7) is 0.762. The molecule has 1 aliphatic rings. The average molecular weight is 283 g/mol. The van der Waals surface area contributed by atoms with Gasteiger partial charge in [0, 0.05) is 17.6 Å². The number of nitrogens with zero attached hydrogens (tertiary/aromatic N) is 1. The molecule has 0 bridgehead atoms. The highest BCUT2D eigenvalue weighted by Gasteiger charge is 2.15. The Kier molecular flexibility index (Phi) is 5.02. The summed E-state index contributed by atoms with van der Waals surface area (Å²) in [5.41, 5.74) is 0.606. The van der Waals surface area contributed by atoms with Crippen LogP contribution < -0.4 is 5.32 Å². The lowest BCUT2D eigenvalue weighted by Crippen LogP contribution is -2.06. The maximum absolute atomic E-state index is 10.9. The van der Waals surface area contributed by atoms with Crippen LogP contribution in [0.25, 0.3) is 0 Å². The van der Waals surface area contributed by atoms with Crippen LogP contribution in [0.5, 0.6) is 0 Å². The quantitative estimate of drug-likeness (QED) is 0.470. The minimum absolute atomic E-state index is 0.0882. The Morgan fingerprint density at radius 3 is 2.79 bits per heavy atom. The van der Waals surface area contributed by atoms with E-state index in [1.165, 1.54) is 38.2 Å². The number of anilines is 1. The Balaban J connectivity index is 1.84. The molecule has 4 nitrogen and oxygen atoms in total. The molecule has 1 aromatic rings. The van der Waals surface area contributed by atoms with Crippen LogP contribution in [0.1, 0.15) is 38.5 Å². The van der Waals surface area contributed by atoms with E-state index in [-0.39, 0.29) is 10.6 Å². The first-order valence-electron chi connectivity index (χ1n) is 6.84. The molecule has 0 heterocycles. The molecular weight excluding hydrogens is 264 g/mol. The van der Waals surface area contributed by atoms with E-state index < -0.39 is 0 Å². The summed E-state index contributed by atoms with van der Waals surface area (Å²) < 4.78 is 0. The largest absolute Gasteiger partial charge is 0.379 e. The average Bonchev–Trinajstić information content (AvgIpc) is 2.87. The molecule has 19 heavy (non-hydrogen) atoms. The fourth-order valence-corrected chi connectivity index (χ4v) is 2.89. The zero-order chi connectivity index (χ0) is 13.7. The summed E-state index contributed by atoms with van der Waals surface area (Å²) in [5, 5.41) is 14.5. The van der Waals surface area contributed by atoms with Crippen molar-refractivity contribution in [2.75, 3.05) is 11.9 Å². The van der Waals surface area contributed by atoms with Crippen molar-refractivity contribution in [3.05, 3.63) is 33.3 Å². The molecular formula is C14H19ClN2O2. The molecule has 0 saturated heterocycles. The van der Waals surface area contributed by atoms with Crippen LogP contribution in [0.4, 0.5) is 11.4 Å². The minimum Gasteiger partial charge on any atom is -0.379 e. The smallest absolute Gasteiger partial charge is 0.292 e. The van der Waals surface area contributed by atoms with Crippen LogP contribution in [-0.2, 0) is 0 Å². The van der Waals surface area contributed by atoms with Gasteiger partial charge in [0.05, 0.1) is 4.92 Å². The number of halogens is 1. The minimum atomic E-state index is -0.379. The third-order valence-electron chi connectivity index (χ3n) is 3.73. The van der Waals surface area contributed by atoms with Crippen molar-refractivity contribution >= 4 is 23.0 Å². The van der Waals surface area contributed by atoms with E-state index in [2.05, 4.69) is 5.32 Å². The second-order valence-electron chi connectivity index (χ2n) is 5.14. The number of nitrogens with one attached hydrogen (secondary N) is 1. The summed E-state index contributed by atoms with van der Waals surface area (Å²) in [5.74, 6) is 0.858. The number of hydrogen-bond acceptors (Lipinski definition) is 3. The molecule has 0 aromatic heterocycles. The first-order valence-corrected chi connectivity index (χ1v) is 7.22. The van der Waals surface area contributed by atoms with Gasteiger partial charge in [-0.05, 0) is 30.9 Å². The predicted octanol–water partition coefficient (Wildman–Crippen LogP) is 4.63. The van der Waals surface area contributed by atoms with Crippen LogP contribution >= 0.6 is 11.6 Å². The molecule has 1 N–H and O–H groups in total. The number of rotatable bonds is 6. The summed E-state index contributed by atoms with van der Waals surface area (Å²) in [4.78, 5) is 10.5. The molecule has 0 radical (unpaired) electrons. The first kappa shape index (κ1) is 14.1. The van der Waals surface area contributed by atoms with Gasteiger partial charge in [-0.25, -0.2) is 0 Å². The van der Waals surface area contributed by atoms with Crippen LogP contribution in [0.2, 0.25) is 5.02 Å². The van der Waals surface area contributed by atoms with E-state index in [9.17, 15) is 10.1 Å². The van der Waals surface area contributed by atoms with Crippen molar-refractivity contribution in [3.8, 4) is 0 Å². The van der Waals surface area contributed by atoms with Gasteiger partial charge in [-0.15, -0.1) is 0 Å². The maximum atomic E-state index is 10.9. The summed E-state index contributed by atoms with van der Waals surface area (Å²) >= 11 is 5.88. The Hall–Kier alpha value is -1.29. The fourth-order valence-electron chi connectivity index (χ4n) is 2.72. The van der Waals surface area contributed by atoms with Gasteiger partial charge < -0.3 is 5.32 Å². The highest BCUT2D eigenvalue weighted by Crippen LogP contribution is 2.30. The van der Waals surface area contributed by atoms with Crippen molar-refractivity contribution in [2.45, 2.75) is 38.5 Å². The second-order valence-corrected chi connectivity index (χ2v) is 5.57. The zero-order valence-corrected chi connectivity index (χ0v) is 11.7. The van der Waals surface area contributed by atoms with Gasteiger partial charge in [0.25, 0.3) is 5.69 Å². The Morgan fingerprint density at radius 2 is 2.11 bits per heavy atom. The third kappa shape index (κ3) is 4.10. The highest BCUT2D eigenvalue weighted by molar-refractivity contribution is 6.31. The summed E-state index contributed by atoms with van der Waals surface area (Å²) in [7, 11) is 0. The van der Waals surface area contributed by atoms with Crippen LogP contribution in [0.15, 0.2) is 18.2 Å². The van der Waals surface area contributed by atoms with Crippen molar-refractivity contribution in [1.29, 1.82) is 0 Å². The normalized spacial score (nSPS) is 15.6. The lowest BCUT2D eigenvalue weighted by Gasteiger charge is -2.10. The fraction of sp³-hybridized carbons (Fsp3) is 0.571. The predicted molar refractivity (Wildman–Crippen MR) is 77.8 cm³/mol. The third-order valence-corrected chi connectivity index (χ3v) is 3.97. The van der Waals surface area contributed by atoms with Gasteiger partial charge in [-0.3, -0.25) is 10.1 Å². The summed E-state index contributed by atoms with van der Waals surface area (Å²) in [6, 6.07) is 4.61. The van der Waals surface area contributed by atoms with Gasteiger partial charge in [0.15, 0.2) is 0 Å². The van der Waals surface area contributed by atoms with Gasteiger partial charge in [0.1, 0.15) is 5.69 Å². The monoisotopic (exact) mass is 282 g/mol. The van der Waals surface area contributed by atoms with Crippen molar-refractivity contribution in [2.24, 2.45) is 5.92 Å². The zero-order valence-electron chi connectivity index (χ0n) is 10.9. The lowest BCUT2D eigenvalue weighted by atomic mass is 10.0. The molecule has 0 amide bonds. The standard InChI is InChI=1S/C14H19ClN2O2/c15-12-7-8-14(17(18)19)13(10-12)16-9-3-6-11-4-1-2-5-11/h7-8,10-11,16H,1-6,9H2. The molecule has 0 unspecified atom stereocenters. The van der Waals surface area contributed by atoms with Gasteiger partial charge in [-0.2, -0.15) is 0 Å². The Bertz CT molecular complexity index is 445. The SMILES string of the molecule is O=[N+]([O-])c1ccc(Cl)cc1NCCCC1CCCC1. The Morgan fingerprint density at radius 1 is 1.37 bits per heavy atom. The van der Waals surface area contributed by atoms with Crippen LogP contribution in [0.3, 0.4) is 0 Å². The van der Waals surface area contributed by atoms with E-state index in [1.54, 1.807) is 12.1 Å². The van der Waals surface area contributed by atoms with Crippen molar-refractivity contribution in [3.63, 3.8) is 0 Å². The topological polar surface area (TPSA) is 55.2 Å². The molecule has 1 aliphatic carbocycles. The van der Waals surface area contributed by atoms with E-state index in [0.717, 1.165) is 18.9 Å². The highest BCUT2D eigenvalue weighted by atomic mass is 35.5. The van der Waals surface area contributed by atoms with E-state index in [1.807, 2.05) is 0 Å². The molecule has 0 atom stereocenters. The maximum Gasteiger partial charge on any atom is 0.292 e. The first-order chi connectivity index (χ1) is 9.16.